The minimum atomic E-state index is 0. The molecule has 0 N–H and O–H groups in total. The maximum atomic E-state index is 5.77. The van der Waals surface area contributed by atoms with Crippen molar-refractivity contribution in [3.63, 3.8) is 0 Å². The Balaban J connectivity index is 0.00000144. The summed E-state index contributed by atoms with van der Waals surface area (Å²) in [6.07, 6.45) is 2.68. The molecule has 2 rings (SSSR count). The van der Waals surface area contributed by atoms with Crippen molar-refractivity contribution in [2.45, 2.75) is 24.8 Å². The van der Waals surface area contributed by atoms with Crippen LogP contribution in [0.3, 0.4) is 0 Å². The van der Waals surface area contributed by atoms with Crippen molar-refractivity contribution < 1.29 is 4.74 Å². The van der Waals surface area contributed by atoms with Crippen LogP contribution in [-0.4, -0.2) is 26.3 Å². The first kappa shape index (κ1) is 14.6. The van der Waals surface area contributed by atoms with Gasteiger partial charge in [-0.2, -0.15) is 0 Å². The topological polar surface area (TPSA) is 12.5 Å². The highest BCUT2D eigenvalue weighted by Gasteiger charge is 2.18. The van der Waals surface area contributed by atoms with Crippen LogP contribution in [0, 0.1) is 0 Å². The molecule has 1 saturated heterocycles. The van der Waals surface area contributed by atoms with Crippen LogP contribution in [-0.2, 0) is 10.6 Å². The van der Waals surface area contributed by atoms with E-state index in [9.17, 15) is 0 Å². The number of hydrogen-bond acceptors (Lipinski definition) is 2. The summed E-state index contributed by atoms with van der Waals surface area (Å²) in [6, 6.07) is 8.52. The van der Waals surface area contributed by atoms with Crippen molar-refractivity contribution in [2.75, 3.05) is 25.1 Å². The van der Waals surface area contributed by atoms with Crippen LogP contribution in [0.2, 0.25) is 0 Å². The van der Waals surface area contributed by atoms with Crippen LogP contribution in [0.4, 0.5) is 5.69 Å². The van der Waals surface area contributed by atoms with Crippen LogP contribution >= 0.6 is 24.0 Å². The number of hydrogen-bond donors (Lipinski definition) is 0. The highest BCUT2D eigenvalue weighted by Crippen LogP contribution is 2.21. The molecule has 1 aliphatic heterocycles. The molecule has 2 nitrogen and oxygen atoms in total. The number of benzene rings is 1. The fraction of sp³-hybridized carbons (Fsp3) is 0.538. The lowest BCUT2D eigenvalue weighted by Gasteiger charge is -2.33. The molecular formula is C13H19Cl2NO. The SMILES string of the molecule is COC1CCN(c2ccc(CCl)cc2)CC1.Cl. The minimum absolute atomic E-state index is 0. The Morgan fingerprint density at radius 2 is 1.82 bits per heavy atom. The molecular weight excluding hydrogens is 257 g/mol. The Morgan fingerprint density at radius 1 is 1.24 bits per heavy atom. The highest BCUT2D eigenvalue weighted by atomic mass is 35.5. The first-order chi connectivity index (χ1) is 7.83. The number of rotatable bonds is 3. The Labute approximate surface area is 114 Å². The maximum absolute atomic E-state index is 5.77. The number of ether oxygens (including phenoxy) is 1. The van der Waals surface area contributed by atoms with E-state index in [0.717, 1.165) is 25.9 Å². The predicted octanol–water partition coefficient (Wildman–Crippen LogP) is 3.46. The molecule has 0 saturated carbocycles. The number of nitrogens with zero attached hydrogens (tertiary/aromatic N) is 1. The number of methoxy groups -OCH3 is 1. The molecule has 17 heavy (non-hydrogen) atoms. The zero-order valence-corrected chi connectivity index (χ0v) is 11.6. The molecule has 0 aromatic heterocycles. The number of anilines is 1. The zero-order chi connectivity index (χ0) is 11.4. The summed E-state index contributed by atoms with van der Waals surface area (Å²) in [5, 5.41) is 0. The van der Waals surface area contributed by atoms with Gasteiger partial charge in [0.25, 0.3) is 0 Å². The highest BCUT2D eigenvalue weighted by molar-refractivity contribution is 6.17. The molecule has 0 unspecified atom stereocenters. The van der Waals surface area contributed by atoms with Gasteiger partial charge in [0.2, 0.25) is 0 Å². The summed E-state index contributed by atoms with van der Waals surface area (Å²) in [5.41, 5.74) is 2.47. The van der Waals surface area contributed by atoms with E-state index in [2.05, 4.69) is 29.2 Å². The normalized spacial score (nSPS) is 16.7. The van der Waals surface area contributed by atoms with Crippen molar-refractivity contribution in [1.82, 2.24) is 0 Å². The summed E-state index contributed by atoms with van der Waals surface area (Å²) >= 11 is 5.77. The maximum Gasteiger partial charge on any atom is 0.0605 e. The van der Waals surface area contributed by atoms with Crippen molar-refractivity contribution in [3.05, 3.63) is 29.8 Å². The number of alkyl halides is 1. The number of halogens is 2. The molecule has 96 valence electrons. The van der Waals surface area contributed by atoms with Crippen molar-refractivity contribution in [2.24, 2.45) is 0 Å². The van der Waals surface area contributed by atoms with E-state index < -0.39 is 0 Å². The standard InChI is InChI=1S/C13H18ClNO.ClH/c1-16-13-6-8-15(9-7-13)12-4-2-11(10-14)3-5-12;/h2-5,13H,6-10H2,1H3;1H. The summed E-state index contributed by atoms with van der Waals surface area (Å²) in [7, 11) is 1.80. The molecule has 0 atom stereocenters. The molecule has 1 aliphatic rings. The van der Waals surface area contributed by atoms with E-state index in [4.69, 9.17) is 16.3 Å². The molecule has 0 radical (unpaired) electrons. The molecule has 1 fully saturated rings. The Hall–Kier alpha value is -0.440. The molecule has 0 amide bonds. The van der Waals surface area contributed by atoms with E-state index in [0.29, 0.717) is 12.0 Å². The average molecular weight is 276 g/mol. The smallest absolute Gasteiger partial charge is 0.0605 e. The van der Waals surface area contributed by atoms with Gasteiger partial charge in [-0.15, -0.1) is 24.0 Å². The van der Waals surface area contributed by atoms with Gasteiger partial charge in [0.05, 0.1) is 6.10 Å². The lowest BCUT2D eigenvalue weighted by Crippen LogP contribution is -2.36. The van der Waals surface area contributed by atoms with Crippen LogP contribution < -0.4 is 4.90 Å². The largest absolute Gasteiger partial charge is 0.381 e. The molecule has 1 heterocycles. The van der Waals surface area contributed by atoms with Gasteiger partial charge < -0.3 is 9.64 Å². The lowest BCUT2D eigenvalue weighted by molar-refractivity contribution is 0.0819. The third kappa shape index (κ3) is 3.77. The van der Waals surface area contributed by atoms with E-state index in [-0.39, 0.29) is 12.4 Å². The molecule has 0 spiro atoms. The van der Waals surface area contributed by atoms with Crippen molar-refractivity contribution >= 4 is 29.7 Å². The first-order valence-corrected chi connectivity index (χ1v) is 6.29. The minimum Gasteiger partial charge on any atom is -0.381 e. The molecule has 1 aromatic carbocycles. The van der Waals surface area contributed by atoms with Gasteiger partial charge in [-0.3, -0.25) is 0 Å². The van der Waals surface area contributed by atoms with Gasteiger partial charge in [0.1, 0.15) is 0 Å². The van der Waals surface area contributed by atoms with E-state index in [1.165, 1.54) is 11.3 Å². The zero-order valence-electron chi connectivity index (χ0n) is 10.1. The molecule has 1 aromatic rings. The van der Waals surface area contributed by atoms with Gasteiger partial charge in [-0.25, -0.2) is 0 Å². The summed E-state index contributed by atoms with van der Waals surface area (Å²) in [4.78, 5) is 2.41. The second kappa shape index (κ2) is 7.10. The summed E-state index contributed by atoms with van der Waals surface area (Å²) in [6.45, 7) is 2.16. The van der Waals surface area contributed by atoms with Crippen molar-refractivity contribution in [1.29, 1.82) is 0 Å². The third-order valence-electron chi connectivity index (χ3n) is 3.23. The van der Waals surface area contributed by atoms with Crippen LogP contribution in [0.25, 0.3) is 0 Å². The Kier molecular flexibility index (Phi) is 6.10. The Bertz CT molecular complexity index is 321. The Morgan fingerprint density at radius 3 is 2.29 bits per heavy atom. The second-order valence-corrected chi connectivity index (χ2v) is 4.49. The van der Waals surface area contributed by atoms with E-state index >= 15 is 0 Å². The monoisotopic (exact) mass is 275 g/mol. The predicted molar refractivity (Wildman–Crippen MR) is 75.5 cm³/mol. The summed E-state index contributed by atoms with van der Waals surface area (Å²) < 4.78 is 5.37. The molecule has 0 aliphatic carbocycles. The average Bonchev–Trinajstić information content (AvgIpc) is 2.39. The van der Waals surface area contributed by atoms with Crippen LogP contribution in [0.1, 0.15) is 18.4 Å². The number of piperidine rings is 1. The second-order valence-electron chi connectivity index (χ2n) is 4.22. The first-order valence-electron chi connectivity index (χ1n) is 5.76. The van der Waals surface area contributed by atoms with Crippen LogP contribution in [0.15, 0.2) is 24.3 Å². The molecule has 0 bridgehead atoms. The van der Waals surface area contributed by atoms with Gasteiger partial charge in [0.15, 0.2) is 0 Å². The van der Waals surface area contributed by atoms with Crippen LogP contribution in [0.5, 0.6) is 0 Å². The third-order valence-corrected chi connectivity index (χ3v) is 3.54. The van der Waals surface area contributed by atoms with Gasteiger partial charge in [-0.05, 0) is 30.5 Å². The fourth-order valence-electron chi connectivity index (χ4n) is 2.15. The quantitative estimate of drug-likeness (QED) is 0.784. The van der Waals surface area contributed by atoms with E-state index in [1.807, 2.05) is 0 Å². The van der Waals surface area contributed by atoms with Gasteiger partial charge in [0, 0.05) is 31.8 Å². The summed E-state index contributed by atoms with van der Waals surface area (Å²) in [5.74, 6) is 0.589. The van der Waals surface area contributed by atoms with Gasteiger partial charge in [-0.1, -0.05) is 12.1 Å². The fourth-order valence-corrected chi connectivity index (χ4v) is 2.32. The molecule has 4 heteroatoms. The van der Waals surface area contributed by atoms with E-state index in [1.54, 1.807) is 7.11 Å². The van der Waals surface area contributed by atoms with Gasteiger partial charge >= 0.3 is 0 Å². The lowest BCUT2D eigenvalue weighted by atomic mass is 10.1. The van der Waals surface area contributed by atoms with Crippen molar-refractivity contribution in [3.8, 4) is 0 Å².